The third-order valence-corrected chi connectivity index (χ3v) is 8.01. The maximum absolute atomic E-state index is 11.4. The Hall–Kier alpha value is -3.09. The largest absolute Gasteiger partial charge is 0.367 e. The van der Waals surface area contributed by atoms with E-state index in [2.05, 4.69) is 175 Å². The van der Waals surface area contributed by atoms with E-state index in [-0.39, 0.29) is 30.2 Å². The van der Waals surface area contributed by atoms with Gasteiger partial charge in [-0.3, -0.25) is 19.8 Å². The first-order chi connectivity index (χ1) is 28.4. The topological polar surface area (TPSA) is 97.1 Å². The molecule has 0 unspecified atom stereocenters. The molecular weight excluding hydrogens is 823 g/mol. The number of guanidine groups is 1. The highest BCUT2D eigenvalue weighted by Gasteiger charge is 2.19. The zero-order valence-electron chi connectivity index (χ0n) is 50.5. The van der Waals surface area contributed by atoms with Crippen LogP contribution in [0, 0.1) is 32.5 Å². The van der Waals surface area contributed by atoms with Crippen molar-refractivity contribution in [2.24, 2.45) is 47.5 Å². The number of amides is 3. The van der Waals surface area contributed by atoms with Crippen LogP contribution in [-0.4, -0.2) is 207 Å². The molecule has 0 fully saturated rings. The van der Waals surface area contributed by atoms with Gasteiger partial charge < -0.3 is 39.2 Å². The van der Waals surface area contributed by atoms with Gasteiger partial charge in [0.1, 0.15) is 0 Å². The van der Waals surface area contributed by atoms with Crippen LogP contribution in [0.2, 0.25) is 0 Å². The fourth-order valence-electron chi connectivity index (χ4n) is 5.79. The molecule has 66 heavy (non-hydrogen) atoms. The lowest BCUT2D eigenvalue weighted by atomic mass is 9.91. The number of nitrogens with zero attached hydrogens (tertiary/aromatic N) is 11. The van der Waals surface area contributed by atoms with Gasteiger partial charge in [-0.2, -0.15) is 0 Å². The van der Waals surface area contributed by atoms with Gasteiger partial charge in [0.2, 0.25) is 5.91 Å². The predicted octanol–water partition coefficient (Wildman–Crippen LogP) is 10.9. The van der Waals surface area contributed by atoms with Crippen LogP contribution >= 0.6 is 0 Å². The molecule has 13 nitrogen and oxygen atoms in total. The molecule has 0 aromatic rings. The van der Waals surface area contributed by atoms with Crippen molar-refractivity contribution in [2.75, 3.05) is 138 Å². The maximum Gasteiger partial charge on any atom is 0.319 e. The molecule has 0 spiro atoms. The summed E-state index contributed by atoms with van der Waals surface area (Å²) in [5.41, 5.74) is 1.77. The Bertz CT molecular complexity index is 1320. The average Bonchev–Trinajstić information content (AvgIpc) is 3.02. The van der Waals surface area contributed by atoms with E-state index in [4.69, 9.17) is 0 Å². The summed E-state index contributed by atoms with van der Waals surface area (Å²) in [5, 5.41) is 0. The summed E-state index contributed by atoms with van der Waals surface area (Å²) < 4.78 is 0. The van der Waals surface area contributed by atoms with Crippen LogP contribution < -0.4 is 0 Å². The van der Waals surface area contributed by atoms with Crippen molar-refractivity contribution >= 4 is 29.6 Å². The van der Waals surface area contributed by atoms with Crippen molar-refractivity contribution < 1.29 is 9.59 Å². The highest BCUT2D eigenvalue weighted by molar-refractivity contribution is 5.82. The van der Waals surface area contributed by atoms with Gasteiger partial charge in [0.25, 0.3) is 0 Å². The van der Waals surface area contributed by atoms with Crippen molar-refractivity contribution in [3.63, 3.8) is 0 Å². The van der Waals surface area contributed by atoms with Crippen molar-refractivity contribution in [1.82, 2.24) is 39.2 Å². The maximum atomic E-state index is 11.4. The number of carbonyl (C=O) groups excluding carboxylic acids is 2. The molecule has 400 valence electrons. The van der Waals surface area contributed by atoms with Gasteiger partial charge in [-0.1, -0.05) is 132 Å². The van der Waals surface area contributed by atoms with Gasteiger partial charge in [0, 0.05) is 138 Å². The fourth-order valence-corrected chi connectivity index (χ4v) is 5.79. The lowest BCUT2D eigenvalue weighted by molar-refractivity contribution is -0.128. The van der Waals surface area contributed by atoms with Crippen LogP contribution in [0.5, 0.6) is 0 Å². The predicted molar refractivity (Wildman–Crippen MR) is 300 cm³/mol. The molecule has 0 atom stereocenters. The smallest absolute Gasteiger partial charge is 0.319 e. The minimum atomic E-state index is 0. The van der Waals surface area contributed by atoms with Crippen molar-refractivity contribution in [3.05, 3.63) is 0 Å². The quantitative estimate of drug-likeness (QED) is 0.193. The Morgan fingerprint density at radius 3 is 0.924 bits per heavy atom. The van der Waals surface area contributed by atoms with Gasteiger partial charge in [-0.05, 0) is 53.5 Å². The molecule has 3 amide bonds. The van der Waals surface area contributed by atoms with E-state index in [1.807, 2.05) is 87.2 Å². The fraction of sp³-hybridized carbons (Fsp3) is 0.906. The molecular formula is C53H121N11O2. The summed E-state index contributed by atoms with van der Waals surface area (Å²) in [6, 6.07) is 0.0601. The van der Waals surface area contributed by atoms with Gasteiger partial charge in [0.05, 0.1) is 11.7 Å². The lowest BCUT2D eigenvalue weighted by Crippen LogP contribution is -2.42. The Balaban J connectivity index is -0.000000127. The summed E-state index contributed by atoms with van der Waals surface area (Å²) in [6.45, 7) is 47.7. The monoisotopic (exact) mass is 944 g/mol. The molecule has 13 heteroatoms. The first-order valence-electron chi connectivity index (χ1n) is 23.4. The van der Waals surface area contributed by atoms with Crippen LogP contribution in [0.3, 0.4) is 0 Å². The number of carbonyl (C=O) groups is 2. The molecule has 0 rings (SSSR count). The number of rotatable bonds is 6. The summed E-state index contributed by atoms with van der Waals surface area (Å²) >= 11 is 0. The van der Waals surface area contributed by atoms with Gasteiger partial charge in [-0.25, -0.2) is 4.79 Å². The second-order valence-electron chi connectivity index (χ2n) is 25.8. The highest BCUT2D eigenvalue weighted by atomic mass is 16.2. The summed E-state index contributed by atoms with van der Waals surface area (Å²) in [7, 11) is 29.3. The minimum absolute atomic E-state index is 0. The molecule has 0 bridgehead atoms. The molecule has 0 heterocycles. The molecule has 0 aliphatic carbocycles. The lowest BCUT2D eigenvalue weighted by Gasteiger charge is -2.31. The van der Waals surface area contributed by atoms with Crippen LogP contribution in [0.4, 0.5) is 4.79 Å². The van der Waals surface area contributed by atoms with E-state index in [0.29, 0.717) is 21.7 Å². The van der Waals surface area contributed by atoms with E-state index < -0.39 is 0 Å². The summed E-state index contributed by atoms with van der Waals surface area (Å²) in [6.07, 6.45) is 1.04. The second kappa shape index (κ2) is 35.1. The van der Waals surface area contributed by atoms with Crippen LogP contribution in [0.15, 0.2) is 15.0 Å². The molecule has 0 radical (unpaired) electrons. The second-order valence-corrected chi connectivity index (χ2v) is 25.8. The Labute approximate surface area is 415 Å². The Morgan fingerprint density at radius 1 is 0.409 bits per heavy atom. The SMILES string of the molecule is C.CC(=NCC(C)(C)C)N(C)C.CC(=O)N(C)CC(C)(C)C.CN(C)C(=O)N(C)CC(C)(C)C.CN(C)CC(C)(C)C.CN=C(CC(C)(C)C)N(C)C.CN=C(N(C)C)N(C)CC(C)(C)C. The van der Waals surface area contributed by atoms with Crippen molar-refractivity contribution in [1.29, 1.82) is 0 Å². The van der Waals surface area contributed by atoms with Crippen molar-refractivity contribution in [3.8, 4) is 0 Å². The Morgan fingerprint density at radius 2 is 0.758 bits per heavy atom. The van der Waals surface area contributed by atoms with Gasteiger partial charge in [-0.15, -0.1) is 0 Å². The zero-order chi connectivity index (χ0) is 53.9. The number of hydrogen-bond donors (Lipinski definition) is 0. The van der Waals surface area contributed by atoms with E-state index in [0.717, 1.165) is 56.8 Å². The van der Waals surface area contributed by atoms with Gasteiger partial charge in [0.15, 0.2) is 5.96 Å². The Kier molecular flexibility index (Phi) is 41.0. The molecule has 0 saturated heterocycles. The highest BCUT2D eigenvalue weighted by Crippen LogP contribution is 2.20. The molecule has 0 aliphatic heterocycles. The molecule has 0 N–H and O–H groups in total. The molecule has 0 aromatic heterocycles. The third-order valence-electron chi connectivity index (χ3n) is 8.01. The van der Waals surface area contributed by atoms with E-state index >= 15 is 0 Å². The van der Waals surface area contributed by atoms with Crippen LogP contribution in [0.1, 0.15) is 152 Å². The van der Waals surface area contributed by atoms with E-state index in [1.165, 1.54) is 0 Å². The summed E-state index contributed by atoms with van der Waals surface area (Å²) in [5.74, 6) is 3.42. The normalized spacial score (nSPS) is 12.3. The van der Waals surface area contributed by atoms with Crippen molar-refractivity contribution in [2.45, 2.75) is 152 Å². The minimum Gasteiger partial charge on any atom is -0.367 e. The first-order valence-corrected chi connectivity index (χ1v) is 23.4. The third kappa shape index (κ3) is 60.9. The standard InChI is InChI=1S/C10H23N3.C9H20N2O.2C9H20N2.C8H17NO.C7H17N.CH4/c1-10(2,3)8-13(7)9(11-4)12(5)6;1-9(2,3)7-11(6)8(12)10(4)5;1-9(2,3)7-8(10-4)11(5)6;1-8(11(5)6)10-7-9(2,3)4;1-7(10)9(5)6-8(2,3)4;1-7(2,3)6-8(4)5;/h8H2,1-7H3;7H2,1-6H3;2*7H2,1-6H3;6H2,1-5H3;6H2,1-5H3;1H4. The molecule has 0 saturated carbocycles. The molecule has 0 aliphatic rings. The van der Waals surface area contributed by atoms with E-state index in [9.17, 15) is 9.59 Å². The summed E-state index contributed by atoms with van der Waals surface area (Å²) in [4.78, 5) is 50.6. The number of amidine groups is 2. The zero-order valence-corrected chi connectivity index (χ0v) is 50.5. The average molecular weight is 945 g/mol. The first kappa shape index (κ1) is 77.1. The van der Waals surface area contributed by atoms with Gasteiger partial charge >= 0.3 is 6.03 Å². The molecule has 0 aromatic carbocycles. The van der Waals surface area contributed by atoms with Crippen LogP contribution in [0.25, 0.3) is 0 Å². The van der Waals surface area contributed by atoms with E-state index in [1.54, 1.807) is 35.7 Å². The number of urea groups is 1. The van der Waals surface area contributed by atoms with Crippen LogP contribution in [-0.2, 0) is 4.79 Å². The number of hydrogen-bond acceptors (Lipinski definition) is 6. The number of aliphatic imine (C=N–C) groups is 3.